The maximum absolute atomic E-state index is 9.42. The summed E-state index contributed by atoms with van der Waals surface area (Å²) in [6.45, 7) is 0.334. The lowest BCUT2D eigenvalue weighted by molar-refractivity contribution is 0.198. The molecule has 1 aliphatic carbocycles. The number of hydrogen-bond acceptors (Lipinski definition) is 3. The minimum absolute atomic E-state index is 0.334. The Kier molecular flexibility index (Phi) is 3.92. The van der Waals surface area contributed by atoms with Crippen LogP contribution >= 0.6 is 11.8 Å². The summed E-state index contributed by atoms with van der Waals surface area (Å²) in [6, 6.07) is 9.74. The summed E-state index contributed by atoms with van der Waals surface area (Å²) >= 11 is 1.97. The zero-order valence-corrected chi connectivity index (χ0v) is 11.5. The molecule has 0 bridgehead atoms. The van der Waals surface area contributed by atoms with E-state index in [9.17, 15) is 5.11 Å². The van der Waals surface area contributed by atoms with E-state index in [4.69, 9.17) is 0 Å². The molecule has 0 saturated heterocycles. The van der Waals surface area contributed by atoms with Crippen LogP contribution in [-0.2, 0) is 0 Å². The first-order valence-electron chi connectivity index (χ1n) is 6.97. The molecule has 0 amide bonds. The molecule has 3 rings (SSSR count). The molecule has 3 atom stereocenters. The van der Waals surface area contributed by atoms with Gasteiger partial charge in [0.15, 0.2) is 0 Å². The number of thioether (sulfide) groups is 1. The number of aliphatic hydroxyl groups is 1. The van der Waals surface area contributed by atoms with E-state index in [-0.39, 0.29) is 0 Å². The monoisotopic (exact) mass is 263 g/mol. The second kappa shape index (κ2) is 5.64. The molecule has 98 valence electrons. The molecular formula is C15H21NOS. The third-order valence-corrected chi connectivity index (χ3v) is 5.39. The standard InChI is InChI=1S/C15H21NOS/c17-10-11-4-3-6-13(11)16-14-8-9-18-15-7-2-1-5-12(14)15/h1-2,5,7,11,13-14,16-17H,3-4,6,8-10H2. The number of rotatable bonds is 3. The SMILES string of the molecule is OCC1CCCC1NC1CCSc2ccccc21. The van der Waals surface area contributed by atoms with E-state index in [1.807, 2.05) is 11.8 Å². The van der Waals surface area contributed by atoms with Crippen molar-refractivity contribution in [2.24, 2.45) is 5.92 Å². The number of benzene rings is 1. The Bertz CT molecular complexity index is 409. The quantitative estimate of drug-likeness (QED) is 0.879. The van der Waals surface area contributed by atoms with Gasteiger partial charge in [-0.05, 0) is 42.6 Å². The van der Waals surface area contributed by atoms with Crippen molar-refractivity contribution in [3.05, 3.63) is 29.8 Å². The van der Waals surface area contributed by atoms with Crippen molar-refractivity contribution in [1.82, 2.24) is 5.32 Å². The van der Waals surface area contributed by atoms with Gasteiger partial charge in [0.25, 0.3) is 0 Å². The Morgan fingerprint density at radius 2 is 2.11 bits per heavy atom. The predicted octanol–water partition coefficient (Wildman–Crippen LogP) is 2.97. The van der Waals surface area contributed by atoms with Crippen molar-refractivity contribution in [1.29, 1.82) is 0 Å². The van der Waals surface area contributed by atoms with Gasteiger partial charge in [-0.15, -0.1) is 11.8 Å². The Morgan fingerprint density at radius 1 is 1.22 bits per heavy atom. The highest BCUT2D eigenvalue weighted by Crippen LogP contribution is 2.37. The van der Waals surface area contributed by atoms with Crippen LogP contribution in [0.2, 0.25) is 0 Å². The van der Waals surface area contributed by atoms with Gasteiger partial charge in [0.05, 0.1) is 0 Å². The van der Waals surface area contributed by atoms with Crippen molar-refractivity contribution in [2.75, 3.05) is 12.4 Å². The number of fused-ring (bicyclic) bond motifs is 1. The Hall–Kier alpha value is -0.510. The molecule has 0 spiro atoms. The maximum Gasteiger partial charge on any atom is 0.0474 e. The van der Waals surface area contributed by atoms with Crippen LogP contribution in [0.5, 0.6) is 0 Å². The van der Waals surface area contributed by atoms with E-state index >= 15 is 0 Å². The van der Waals surface area contributed by atoms with Crippen LogP contribution in [0, 0.1) is 5.92 Å². The van der Waals surface area contributed by atoms with Crippen LogP contribution in [0.15, 0.2) is 29.2 Å². The highest BCUT2D eigenvalue weighted by molar-refractivity contribution is 7.99. The lowest BCUT2D eigenvalue weighted by atomic mass is 9.99. The lowest BCUT2D eigenvalue weighted by Gasteiger charge is -2.30. The second-order valence-electron chi connectivity index (χ2n) is 5.37. The molecule has 1 saturated carbocycles. The van der Waals surface area contributed by atoms with Gasteiger partial charge >= 0.3 is 0 Å². The van der Waals surface area contributed by atoms with Gasteiger partial charge in [0, 0.05) is 23.6 Å². The first-order valence-corrected chi connectivity index (χ1v) is 7.95. The van der Waals surface area contributed by atoms with Crippen LogP contribution in [0.4, 0.5) is 0 Å². The molecule has 1 aromatic rings. The molecule has 18 heavy (non-hydrogen) atoms. The van der Waals surface area contributed by atoms with Crippen molar-refractivity contribution < 1.29 is 5.11 Å². The fourth-order valence-corrected chi connectivity index (χ4v) is 4.37. The molecule has 2 aliphatic rings. The first-order chi connectivity index (χ1) is 8.88. The van der Waals surface area contributed by atoms with Crippen molar-refractivity contribution in [3.8, 4) is 0 Å². The third kappa shape index (κ3) is 2.44. The summed E-state index contributed by atoms with van der Waals surface area (Å²) < 4.78 is 0. The maximum atomic E-state index is 9.42. The van der Waals surface area contributed by atoms with E-state index in [2.05, 4.69) is 29.6 Å². The van der Waals surface area contributed by atoms with Gasteiger partial charge in [0.1, 0.15) is 0 Å². The summed E-state index contributed by atoms with van der Waals surface area (Å²) in [5, 5.41) is 13.2. The highest BCUT2D eigenvalue weighted by atomic mass is 32.2. The summed E-state index contributed by atoms with van der Waals surface area (Å²) in [5.41, 5.74) is 1.46. The fraction of sp³-hybridized carbons (Fsp3) is 0.600. The van der Waals surface area contributed by atoms with Crippen LogP contribution in [0.1, 0.15) is 37.3 Å². The molecule has 1 fully saturated rings. The molecule has 3 heteroatoms. The Morgan fingerprint density at radius 3 is 3.00 bits per heavy atom. The molecule has 1 heterocycles. The highest BCUT2D eigenvalue weighted by Gasteiger charge is 2.30. The van der Waals surface area contributed by atoms with Gasteiger partial charge < -0.3 is 10.4 Å². The van der Waals surface area contributed by atoms with E-state index in [1.165, 1.54) is 41.9 Å². The number of aliphatic hydroxyl groups excluding tert-OH is 1. The lowest BCUT2D eigenvalue weighted by Crippen LogP contribution is -2.38. The van der Waals surface area contributed by atoms with Crippen molar-refractivity contribution in [2.45, 2.75) is 42.7 Å². The molecular weight excluding hydrogens is 242 g/mol. The van der Waals surface area contributed by atoms with Gasteiger partial charge in [0.2, 0.25) is 0 Å². The van der Waals surface area contributed by atoms with E-state index in [0.29, 0.717) is 24.6 Å². The molecule has 1 aliphatic heterocycles. The van der Waals surface area contributed by atoms with Crippen LogP contribution in [0.3, 0.4) is 0 Å². The smallest absolute Gasteiger partial charge is 0.0474 e. The number of nitrogens with one attached hydrogen (secondary N) is 1. The normalized spacial score (nSPS) is 31.3. The summed E-state index contributed by atoms with van der Waals surface area (Å²) in [6.07, 6.45) is 4.86. The van der Waals surface area contributed by atoms with Gasteiger partial charge in [-0.25, -0.2) is 0 Å². The topological polar surface area (TPSA) is 32.3 Å². The van der Waals surface area contributed by atoms with Crippen molar-refractivity contribution >= 4 is 11.8 Å². The van der Waals surface area contributed by atoms with Gasteiger partial charge in [-0.1, -0.05) is 24.6 Å². The minimum atomic E-state index is 0.334. The van der Waals surface area contributed by atoms with E-state index in [1.54, 1.807) is 0 Å². The Balaban J connectivity index is 1.74. The molecule has 3 unspecified atom stereocenters. The Labute approximate surface area is 113 Å². The average molecular weight is 263 g/mol. The first kappa shape index (κ1) is 12.5. The largest absolute Gasteiger partial charge is 0.396 e. The molecule has 0 radical (unpaired) electrons. The van der Waals surface area contributed by atoms with Crippen molar-refractivity contribution in [3.63, 3.8) is 0 Å². The molecule has 2 N–H and O–H groups in total. The molecule has 0 aromatic heterocycles. The van der Waals surface area contributed by atoms with Crippen LogP contribution < -0.4 is 5.32 Å². The molecule has 2 nitrogen and oxygen atoms in total. The fourth-order valence-electron chi connectivity index (χ4n) is 3.25. The summed E-state index contributed by atoms with van der Waals surface area (Å²) in [7, 11) is 0. The summed E-state index contributed by atoms with van der Waals surface area (Å²) in [4.78, 5) is 1.43. The van der Waals surface area contributed by atoms with Gasteiger partial charge in [-0.3, -0.25) is 0 Å². The van der Waals surface area contributed by atoms with E-state index in [0.717, 1.165) is 0 Å². The van der Waals surface area contributed by atoms with Crippen LogP contribution in [0.25, 0.3) is 0 Å². The third-order valence-electron chi connectivity index (χ3n) is 4.27. The predicted molar refractivity (Wildman–Crippen MR) is 75.9 cm³/mol. The zero-order chi connectivity index (χ0) is 12.4. The minimum Gasteiger partial charge on any atom is -0.396 e. The second-order valence-corrected chi connectivity index (χ2v) is 6.51. The number of hydrogen-bond donors (Lipinski definition) is 2. The van der Waals surface area contributed by atoms with Gasteiger partial charge in [-0.2, -0.15) is 0 Å². The van der Waals surface area contributed by atoms with E-state index < -0.39 is 0 Å². The van der Waals surface area contributed by atoms with Crippen LogP contribution in [-0.4, -0.2) is 23.5 Å². The molecule has 1 aromatic carbocycles. The zero-order valence-electron chi connectivity index (χ0n) is 10.6. The summed E-state index contributed by atoms with van der Waals surface area (Å²) in [5.74, 6) is 1.66. The average Bonchev–Trinajstić information content (AvgIpc) is 2.86.